The molecule has 0 saturated carbocycles. The Kier molecular flexibility index (Phi) is 5.34. The molecule has 5 aromatic rings. The number of aromatic hydroxyl groups is 2. The van der Waals surface area contributed by atoms with E-state index in [1.165, 1.54) is 6.07 Å². The summed E-state index contributed by atoms with van der Waals surface area (Å²) in [6.07, 6.45) is 3.62. The monoisotopic (exact) mass is 508 g/mol. The average Bonchev–Trinajstić information content (AvgIpc) is 3.58. The largest absolute Gasteiger partial charge is 0.506 e. The summed E-state index contributed by atoms with van der Waals surface area (Å²) < 4.78 is 0.643. The normalized spacial score (nSPS) is 11.5. The molecule has 0 atom stereocenters. The number of fused-ring (bicyclic) bond motifs is 8. The van der Waals surface area contributed by atoms with Crippen LogP contribution in [0.3, 0.4) is 0 Å². The predicted octanol–water partition coefficient (Wildman–Crippen LogP) is 4.84. The van der Waals surface area contributed by atoms with Crippen molar-refractivity contribution >= 4 is 45.3 Å². The summed E-state index contributed by atoms with van der Waals surface area (Å²) >= 11 is 0. The van der Waals surface area contributed by atoms with Crippen molar-refractivity contribution in [3.05, 3.63) is 88.3 Å². The summed E-state index contributed by atoms with van der Waals surface area (Å²) in [7, 11) is 0. The van der Waals surface area contributed by atoms with Gasteiger partial charge in [0, 0.05) is 39.1 Å². The number of rotatable bonds is 1. The van der Waals surface area contributed by atoms with Crippen LogP contribution in [0.2, 0.25) is 0 Å². The van der Waals surface area contributed by atoms with Crippen LogP contribution in [-0.4, -0.2) is 35.1 Å². The molecular weight excluding hydrogens is 491 g/mol. The summed E-state index contributed by atoms with van der Waals surface area (Å²) in [5.74, 6) is -0.700. The third-order valence-corrected chi connectivity index (χ3v) is 5.79. The Morgan fingerprint density at radius 3 is 2.23 bits per heavy atom. The maximum absolute atomic E-state index is 13.4. The smallest absolute Gasteiger partial charge is 0.236 e. The third-order valence-electron chi connectivity index (χ3n) is 5.79. The number of nitrogens with one attached hydrogen (secondary N) is 2. The zero-order valence-electron chi connectivity index (χ0n) is 18.0. The Hall–Kier alpha value is -4.49. The molecule has 0 saturated heterocycles. The number of hydrogen-bond acceptors (Lipinski definition) is 5. The van der Waals surface area contributed by atoms with E-state index in [9.17, 15) is 20.2 Å². The van der Waals surface area contributed by atoms with Gasteiger partial charge in [-0.2, -0.15) is 4.73 Å². The van der Waals surface area contributed by atoms with Gasteiger partial charge in [0.05, 0.1) is 22.5 Å². The van der Waals surface area contributed by atoms with Crippen LogP contribution in [0, 0.1) is 0 Å². The summed E-state index contributed by atoms with van der Waals surface area (Å²) in [5.41, 5.74) is 3.05. The standard InChI is InChI=1S/C26H18N4O4.Ni/c31-21-13-19-11-17-7-6-15(27-17)10-16-8-9-18(28-16)12-20-22(14-4-2-1-3-5-14)25(32)24(30(20)34)26(33)23(21)29-19;/h1-13,27,29,31-32,34H;. The second kappa shape index (κ2) is 8.38. The summed E-state index contributed by atoms with van der Waals surface area (Å²) in [6.45, 7) is 0. The van der Waals surface area contributed by atoms with E-state index in [0.29, 0.717) is 27.2 Å². The Morgan fingerprint density at radius 1 is 0.800 bits per heavy atom. The fourth-order valence-electron chi connectivity index (χ4n) is 4.25. The minimum absolute atomic E-state index is 0. The van der Waals surface area contributed by atoms with Crippen molar-refractivity contribution in [2.75, 3.05) is 0 Å². The van der Waals surface area contributed by atoms with Crippen LogP contribution >= 0.6 is 0 Å². The van der Waals surface area contributed by atoms with Gasteiger partial charge in [-0.15, -0.1) is 0 Å². The molecular formula is C26H18N4NiO4. The molecule has 0 aliphatic carbocycles. The maximum atomic E-state index is 13.4. The molecule has 8 nitrogen and oxygen atoms in total. The van der Waals surface area contributed by atoms with Crippen LogP contribution in [0.25, 0.3) is 56.4 Å². The zero-order chi connectivity index (χ0) is 23.4. The van der Waals surface area contributed by atoms with Crippen LogP contribution in [0.5, 0.6) is 11.5 Å². The molecule has 0 radical (unpaired) electrons. The second-order valence-electron chi connectivity index (χ2n) is 8.05. The maximum Gasteiger partial charge on any atom is 0.236 e. The third kappa shape index (κ3) is 3.72. The first-order chi connectivity index (χ1) is 16.5. The molecule has 176 valence electrons. The Morgan fingerprint density at radius 2 is 1.49 bits per heavy atom. The molecule has 0 spiro atoms. The number of hydrogen-bond donors (Lipinski definition) is 5. The predicted molar refractivity (Wildman–Crippen MR) is 131 cm³/mol. The van der Waals surface area contributed by atoms with Crippen LogP contribution in [0.1, 0.15) is 11.4 Å². The van der Waals surface area contributed by atoms with Crippen LogP contribution in [0.4, 0.5) is 0 Å². The molecule has 0 fully saturated rings. The van der Waals surface area contributed by atoms with Crippen LogP contribution in [0.15, 0.2) is 71.5 Å². The average molecular weight is 509 g/mol. The van der Waals surface area contributed by atoms with Crippen molar-refractivity contribution in [2.45, 2.75) is 0 Å². The van der Waals surface area contributed by atoms with Crippen molar-refractivity contribution in [3.8, 4) is 22.6 Å². The van der Waals surface area contributed by atoms with Crippen molar-refractivity contribution in [1.82, 2.24) is 19.7 Å². The molecule has 4 aromatic heterocycles. The van der Waals surface area contributed by atoms with Crippen molar-refractivity contribution in [2.24, 2.45) is 0 Å². The first-order valence-corrected chi connectivity index (χ1v) is 10.5. The van der Waals surface area contributed by atoms with Gasteiger partial charge in [-0.3, -0.25) is 4.79 Å². The molecule has 6 rings (SSSR count). The van der Waals surface area contributed by atoms with E-state index in [1.54, 1.807) is 42.5 Å². The molecule has 5 N–H and O–H groups in total. The van der Waals surface area contributed by atoms with E-state index in [4.69, 9.17) is 0 Å². The van der Waals surface area contributed by atoms with Gasteiger partial charge in [-0.25, -0.2) is 4.98 Å². The van der Waals surface area contributed by atoms with Gasteiger partial charge in [0.2, 0.25) is 5.43 Å². The van der Waals surface area contributed by atoms with E-state index in [0.717, 1.165) is 11.0 Å². The summed E-state index contributed by atoms with van der Waals surface area (Å²) in [5, 5.41) is 32.6. The topological polar surface area (TPSA) is 127 Å². The first kappa shape index (κ1) is 22.3. The second-order valence-corrected chi connectivity index (χ2v) is 8.05. The van der Waals surface area contributed by atoms with Crippen LogP contribution < -0.4 is 5.43 Å². The van der Waals surface area contributed by atoms with Gasteiger partial charge in [0.25, 0.3) is 0 Å². The summed E-state index contributed by atoms with van der Waals surface area (Å²) in [6, 6.07) is 19.3. The number of H-pyrrole nitrogens is 2. The van der Waals surface area contributed by atoms with E-state index in [2.05, 4.69) is 15.0 Å². The SMILES string of the molecule is O=c1c2[nH]c(cc2O)cc2ccc(cc3nc(cc4c(-c5ccccc5)c(O)c1n4O)C=C3)[nH]2.[Ni]. The van der Waals surface area contributed by atoms with E-state index >= 15 is 0 Å². The Labute approximate surface area is 207 Å². The molecule has 1 aliphatic heterocycles. The van der Waals surface area contributed by atoms with E-state index < -0.39 is 11.2 Å². The zero-order valence-corrected chi connectivity index (χ0v) is 19.0. The summed E-state index contributed by atoms with van der Waals surface area (Å²) in [4.78, 5) is 24.1. The number of nitrogens with zero attached hydrogens (tertiary/aromatic N) is 2. The quantitative estimate of drug-likeness (QED) is 0.160. The fraction of sp³-hybridized carbons (Fsp3) is 0. The molecule has 35 heavy (non-hydrogen) atoms. The minimum Gasteiger partial charge on any atom is -0.506 e. The van der Waals surface area contributed by atoms with Crippen molar-refractivity contribution < 1.29 is 31.9 Å². The van der Waals surface area contributed by atoms with Crippen molar-refractivity contribution in [3.63, 3.8) is 0 Å². The molecule has 5 heterocycles. The Bertz CT molecular complexity index is 1820. The van der Waals surface area contributed by atoms with Gasteiger partial charge in [-0.1, -0.05) is 30.3 Å². The molecule has 1 aromatic carbocycles. The number of benzene rings is 1. The first-order valence-electron chi connectivity index (χ1n) is 10.5. The Balaban J connectivity index is 0.00000253. The molecule has 1 aliphatic rings. The number of aromatic amines is 2. The van der Waals surface area contributed by atoms with Gasteiger partial charge in [0.15, 0.2) is 11.3 Å². The van der Waals surface area contributed by atoms with Gasteiger partial charge in [-0.05, 0) is 48.0 Å². The molecule has 0 amide bonds. The van der Waals surface area contributed by atoms with Crippen LogP contribution in [-0.2, 0) is 16.5 Å². The molecule has 0 unspecified atom stereocenters. The fourth-order valence-corrected chi connectivity index (χ4v) is 4.25. The van der Waals surface area contributed by atoms with Gasteiger partial charge < -0.3 is 25.4 Å². The molecule has 8 bridgehead atoms. The van der Waals surface area contributed by atoms with Gasteiger partial charge >= 0.3 is 0 Å². The number of aromatic nitrogens is 4. The van der Waals surface area contributed by atoms with Crippen molar-refractivity contribution in [1.29, 1.82) is 0 Å². The van der Waals surface area contributed by atoms with E-state index in [1.807, 2.05) is 30.3 Å². The van der Waals surface area contributed by atoms with E-state index in [-0.39, 0.29) is 44.4 Å². The van der Waals surface area contributed by atoms with Gasteiger partial charge in [0.1, 0.15) is 11.3 Å². The minimum atomic E-state index is -0.766. The molecule has 9 heteroatoms.